The molecule has 0 unspecified atom stereocenters. The molecule has 2 aliphatic heterocycles. The van der Waals surface area contributed by atoms with Gasteiger partial charge in [-0.05, 0) is 18.6 Å². The Labute approximate surface area is 151 Å². The summed E-state index contributed by atoms with van der Waals surface area (Å²) in [5.41, 5.74) is 0.646. The Balaban J connectivity index is 1.71. The Bertz CT molecular complexity index is 734. The van der Waals surface area contributed by atoms with Crippen LogP contribution in [0.25, 0.3) is 0 Å². The van der Waals surface area contributed by atoms with Gasteiger partial charge in [0.05, 0.1) is 26.1 Å². The summed E-state index contributed by atoms with van der Waals surface area (Å²) in [6, 6.07) is 5.18. The van der Waals surface area contributed by atoms with Gasteiger partial charge in [0, 0.05) is 37.8 Å². The van der Waals surface area contributed by atoms with Crippen LogP contribution in [0.1, 0.15) is 12.8 Å². The number of aliphatic carboxylic acids is 1. The van der Waals surface area contributed by atoms with Gasteiger partial charge in [0.15, 0.2) is 11.5 Å². The van der Waals surface area contributed by atoms with Crippen molar-refractivity contribution in [3.63, 3.8) is 0 Å². The Kier molecular flexibility index (Phi) is 5.01. The quantitative estimate of drug-likeness (QED) is 0.839. The summed E-state index contributed by atoms with van der Waals surface area (Å²) >= 11 is 0. The Morgan fingerprint density at radius 3 is 2.46 bits per heavy atom. The molecule has 3 rings (SSSR count). The van der Waals surface area contributed by atoms with Crippen LogP contribution in [0.15, 0.2) is 18.2 Å². The second-order valence-corrected chi connectivity index (χ2v) is 6.55. The van der Waals surface area contributed by atoms with Gasteiger partial charge in [-0.2, -0.15) is 0 Å². The van der Waals surface area contributed by atoms with Crippen molar-refractivity contribution < 1.29 is 29.0 Å². The fraction of sp³-hybridized carbons (Fsp3) is 0.500. The second kappa shape index (κ2) is 7.23. The van der Waals surface area contributed by atoms with E-state index in [1.54, 1.807) is 28.0 Å². The van der Waals surface area contributed by atoms with E-state index >= 15 is 0 Å². The number of hydrogen-bond acceptors (Lipinski definition) is 5. The fourth-order valence-electron chi connectivity index (χ4n) is 3.54. The molecule has 0 aromatic heterocycles. The van der Waals surface area contributed by atoms with E-state index in [1.165, 1.54) is 14.2 Å². The first-order valence-electron chi connectivity index (χ1n) is 8.48. The molecule has 0 aliphatic carbocycles. The van der Waals surface area contributed by atoms with Gasteiger partial charge in [0.2, 0.25) is 11.8 Å². The molecule has 1 aromatic rings. The molecular weight excluding hydrogens is 340 g/mol. The number of methoxy groups -OCH3 is 2. The first-order valence-corrected chi connectivity index (χ1v) is 8.48. The zero-order valence-electron chi connectivity index (χ0n) is 14.8. The number of benzene rings is 1. The van der Waals surface area contributed by atoms with Crippen LogP contribution < -0.4 is 14.4 Å². The Morgan fingerprint density at radius 2 is 1.85 bits per heavy atom. The molecule has 2 aliphatic rings. The summed E-state index contributed by atoms with van der Waals surface area (Å²) in [4.78, 5) is 39.3. The van der Waals surface area contributed by atoms with Crippen LogP contribution in [-0.4, -0.2) is 61.6 Å². The third kappa shape index (κ3) is 3.31. The highest BCUT2D eigenvalue weighted by Gasteiger charge is 2.40. The van der Waals surface area contributed by atoms with E-state index in [9.17, 15) is 14.4 Å². The van der Waals surface area contributed by atoms with Crippen molar-refractivity contribution >= 4 is 23.5 Å². The maximum Gasteiger partial charge on any atom is 0.308 e. The number of carbonyl (C=O) groups excluding carboxylic acids is 2. The average Bonchev–Trinajstić information content (AvgIpc) is 3.27. The van der Waals surface area contributed by atoms with Gasteiger partial charge in [-0.25, -0.2) is 0 Å². The van der Waals surface area contributed by atoms with Crippen LogP contribution >= 0.6 is 0 Å². The number of likely N-dealkylation sites (tertiary alicyclic amines) is 1. The predicted molar refractivity (Wildman–Crippen MR) is 92.3 cm³/mol. The molecular formula is C18H22N2O6. The van der Waals surface area contributed by atoms with E-state index in [2.05, 4.69) is 0 Å². The summed E-state index contributed by atoms with van der Waals surface area (Å²) in [5.74, 6) is -1.06. The summed E-state index contributed by atoms with van der Waals surface area (Å²) in [5, 5.41) is 9.08. The Hall–Kier alpha value is -2.77. The minimum absolute atomic E-state index is 0.126. The molecule has 0 radical (unpaired) electrons. The van der Waals surface area contributed by atoms with Crippen LogP contribution in [-0.2, 0) is 14.4 Å². The number of amides is 2. The molecule has 8 heteroatoms. The largest absolute Gasteiger partial charge is 0.493 e. The monoisotopic (exact) mass is 362 g/mol. The molecule has 8 nitrogen and oxygen atoms in total. The molecule has 1 N–H and O–H groups in total. The summed E-state index contributed by atoms with van der Waals surface area (Å²) < 4.78 is 10.5. The molecule has 2 fully saturated rings. The molecule has 0 bridgehead atoms. The number of anilines is 1. The smallest absolute Gasteiger partial charge is 0.308 e. The topological polar surface area (TPSA) is 96.4 Å². The lowest BCUT2D eigenvalue weighted by molar-refractivity contribution is -0.141. The molecule has 26 heavy (non-hydrogen) atoms. The van der Waals surface area contributed by atoms with Crippen LogP contribution in [0.3, 0.4) is 0 Å². The van der Waals surface area contributed by atoms with E-state index in [4.69, 9.17) is 14.6 Å². The van der Waals surface area contributed by atoms with E-state index in [0.29, 0.717) is 30.2 Å². The number of hydrogen-bond donors (Lipinski definition) is 1. The minimum Gasteiger partial charge on any atom is -0.493 e. The fourth-order valence-corrected chi connectivity index (χ4v) is 3.54. The van der Waals surface area contributed by atoms with Gasteiger partial charge in [0.25, 0.3) is 0 Å². The van der Waals surface area contributed by atoms with Crippen LogP contribution in [0.5, 0.6) is 11.5 Å². The van der Waals surface area contributed by atoms with Gasteiger partial charge in [-0.3, -0.25) is 14.4 Å². The first-order chi connectivity index (χ1) is 12.4. The minimum atomic E-state index is -0.880. The van der Waals surface area contributed by atoms with Gasteiger partial charge in [0.1, 0.15) is 0 Å². The molecule has 0 saturated carbocycles. The molecule has 2 heterocycles. The second-order valence-electron chi connectivity index (χ2n) is 6.55. The molecule has 2 amide bonds. The maximum absolute atomic E-state index is 12.7. The predicted octanol–water partition coefficient (Wildman–Crippen LogP) is 0.990. The normalized spacial score (nSPS) is 22.6. The third-order valence-electron chi connectivity index (χ3n) is 5.00. The zero-order chi connectivity index (χ0) is 18.8. The van der Waals surface area contributed by atoms with Crippen LogP contribution in [0.4, 0.5) is 5.69 Å². The lowest BCUT2D eigenvalue weighted by Gasteiger charge is -2.21. The lowest BCUT2D eigenvalue weighted by Crippen LogP contribution is -2.36. The van der Waals surface area contributed by atoms with Crippen molar-refractivity contribution in [1.29, 1.82) is 0 Å². The van der Waals surface area contributed by atoms with E-state index in [0.717, 1.165) is 0 Å². The van der Waals surface area contributed by atoms with Gasteiger partial charge in [-0.15, -0.1) is 0 Å². The number of carboxylic acids is 1. The number of rotatable bonds is 5. The highest BCUT2D eigenvalue weighted by Crippen LogP contribution is 2.34. The maximum atomic E-state index is 12.7. The van der Waals surface area contributed by atoms with Gasteiger partial charge >= 0.3 is 5.97 Å². The van der Waals surface area contributed by atoms with Crippen molar-refractivity contribution in [3.05, 3.63) is 18.2 Å². The first kappa shape index (κ1) is 18.0. The SMILES string of the molecule is COc1ccc(N2C[C@@H](C(=O)N3CC[C@H](C(=O)O)C3)CC2=O)cc1OC. The summed E-state index contributed by atoms with van der Waals surface area (Å²) in [6.45, 7) is 0.924. The lowest BCUT2D eigenvalue weighted by atomic mass is 10.1. The molecule has 2 saturated heterocycles. The van der Waals surface area contributed by atoms with Crippen molar-refractivity contribution in [3.8, 4) is 11.5 Å². The van der Waals surface area contributed by atoms with Crippen molar-refractivity contribution in [1.82, 2.24) is 4.90 Å². The van der Waals surface area contributed by atoms with E-state index in [-0.39, 0.29) is 31.3 Å². The molecule has 140 valence electrons. The summed E-state index contributed by atoms with van der Waals surface area (Å²) in [7, 11) is 3.06. The highest BCUT2D eigenvalue weighted by molar-refractivity contribution is 6.00. The summed E-state index contributed by atoms with van der Waals surface area (Å²) in [6.07, 6.45) is 0.586. The number of ether oxygens (including phenoxy) is 2. The molecule has 0 spiro atoms. The third-order valence-corrected chi connectivity index (χ3v) is 5.00. The molecule has 2 atom stereocenters. The number of nitrogens with zero attached hydrogens (tertiary/aromatic N) is 2. The van der Waals surface area contributed by atoms with Gasteiger partial charge in [-0.1, -0.05) is 0 Å². The van der Waals surface area contributed by atoms with Crippen molar-refractivity contribution in [2.45, 2.75) is 12.8 Å². The van der Waals surface area contributed by atoms with E-state index in [1.807, 2.05) is 0 Å². The zero-order valence-corrected chi connectivity index (χ0v) is 14.8. The molecule has 1 aromatic carbocycles. The van der Waals surface area contributed by atoms with Crippen molar-refractivity contribution in [2.75, 3.05) is 38.8 Å². The van der Waals surface area contributed by atoms with Crippen LogP contribution in [0.2, 0.25) is 0 Å². The number of carboxylic acid groups (broad SMARTS) is 1. The van der Waals surface area contributed by atoms with Gasteiger partial charge < -0.3 is 24.4 Å². The standard InChI is InChI=1S/C18H22N2O6/c1-25-14-4-3-13(8-15(14)26-2)20-10-12(7-16(20)21)17(22)19-6-5-11(9-19)18(23)24/h3-4,8,11-12H,5-7,9-10H2,1-2H3,(H,23,24)/t11-,12-/m0/s1. The Morgan fingerprint density at radius 1 is 1.12 bits per heavy atom. The van der Waals surface area contributed by atoms with Crippen LogP contribution in [0, 0.1) is 11.8 Å². The van der Waals surface area contributed by atoms with Crippen molar-refractivity contribution in [2.24, 2.45) is 11.8 Å². The van der Waals surface area contributed by atoms with E-state index < -0.39 is 17.8 Å². The average molecular weight is 362 g/mol. The number of carbonyl (C=O) groups is 3. The highest BCUT2D eigenvalue weighted by atomic mass is 16.5.